The average molecular weight is 260 g/mol. The van der Waals surface area contributed by atoms with Crippen molar-refractivity contribution in [3.8, 4) is 0 Å². The van der Waals surface area contributed by atoms with E-state index in [0.717, 1.165) is 0 Å². The molecule has 0 aromatic rings. The fourth-order valence-electron chi connectivity index (χ4n) is 0.597. The molecule has 0 rings (SSSR count). The van der Waals surface area contributed by atoms with Crippen LogP contribution in [0, 0.1) is 0 Å². The summed E-state index contributed by atoms with van der Waals surface area (Å²) < 4.78 is 28.8. The van der Waals surface area contributed by atoms with Crippen LogP contribution in [0.25, 0.3) is 0 Å². The molecule has 72 valence electrons. The van der Waals surface area contributed by atoms with Gasteiger partial charge in [-0.3, -0.25) is 9.35 Å². The van der Waals surface area contributed by atoms with Gasteiger partial charge in [0.05, 0.1) is 5.75 Å². The van der Waals surface area contributed by atoms with E-state index in [1.807, 2.05) is 0 Å². The largest absolute Gasteiger partial charge is 0.370 e. The third-order valence-electron chi connectivity index (χ3n) is 1.11. The zero-order chi connectivity index (χ0) is 9.78. The first-order chi connectivity index (χ1) is 5.31. The number of halogens is 1. The number of rotatable bonds is 5. The third kappa shape index (κ3) is 7.96. The number of carbonyl (C=O) groups excluding carboxylic acids is 1. The van der Waals surface area contributed by atoms with Crippen LogP contribution in [-0.2, 0) is 14.9 Å². The molecule has 1 unspecified atom stereocenters. The van der Waals surface area contributed by atoms with E-state index in [1.54, 1.807) is 0 Å². The van der Waals surface area contributed by atoms with E-state index in [2.05, 4.69) is 15.9 Å². The lowest BCUT2D eigenvalue weighted by Crippen LogP contribution is -2.18. The molecule has 3 N–H and O–H groups in total. The van der Waals surface area contributed by atoms with Crippen LogP contribution >= 0.6 is 15.9 Å². The topological polar surface area (TPSA) is 97.5 Å². The van der Waals surface area contributed by atoms with Gasteiger partial charge in [0.15, 0.2) is 0 Å². The Bertz CT molecular complexity index is 250. The van der Waals surface area contributed by atoms with Crippen molar-refractivity contribution in [2.75, 3.05) is 5.75 Å². The summed E-state index contributed by atoms with van der Waals surface area (Å²) in [4.78, 5) is 10.0. The van der Waals surface area contributed by atoms with Crippen molar-refractivity contribution in [2.45, 2.75) is 17.7 Å². The van der Waals surface area contributed by atoms with Crippen molar-refractivity contribution in [3.63, 3.8) is 0 Å². The minimum Gasteiger partial charge on any atom is -0.370 e. The van der Waals surface area contributed by atoms with Crippen molar-refractivity contribution < 1.29 is 17.8 Å². The Morgan fingerprint density at radius 3 is 2.42 bits per heavy atom. The van der Waals surface area contributed by atoms with Crippen LogP contribution in [-0.4, -0.2) is 29.5 Å². The highest BCUT2D eigenvalue weighted by atomic mass is 79.9. The molecule has 0 spiro atoms. The fourth-order valence-corrected chi connectivity index (χ4v) is 2.03. The monoisotopic (exact) mass is 259 g/mol. The number of primary amides is 1. The molecule has 0 saturated carbocycles. The normalized spacial score (nSPS) is 14.2. The minimum atomic E-state index is -3.94. The van der Waals surface area contributed by atoms with E-state index in [1.165, 1.54) is 0 Å². The molecule has 5 nitrogen and oxygen atoms in total. The number of hydrogen-bond acceptors (Lipinski definition) is 3. The molecule has 0 aliphatic rings. The molecule has 1 atom stereocenters. The van der Waals surface area contributed by atoms with Crippen LogP contribution in [0.5, 0.6) is 0 Å². The number of carbonyl (C=O) groups is 1. The predicted molar refractivity (Wildman–Crippen MR) is 47.6 cm³/mol. The van der Waals surface area contributed by atoms with Crippen LogP contribution < -0.4 is 5.73 Å². The van der Waals surface area contributed by atoms with Gasteiger partial charge in [0, 0.05) is 11.2 Å². The van der Waals surface area contributed by atoms with Crippen LogP contribution in [0.3, 0.4) is 0 Å². The average Bonchev–Trinajstić information content (AvgIpc) is 1.80. The first-order valence-corrected chi connectivity index (χ1v) is 5.71. The summed E-state index contributed by atoms with van der Waals surface area (Å²) in [6, 6.07) is 0. The lowest BCUT2D eigenvalue weighted by Gasteiger charge is -2.04. The van der Waals surface area contributed by atoms with Gasteiger partial charge in [-0.25, -0.2) is 0 Å². The number of amides is 1. The van der Waals surface area contributed by atoms with Gasteiger partial charge in [0.2, 0.25) is 5.91 Å². The van der Waals surface area contributed by atoms with Crippen LogP contribution in [0.1, 0.15) is 12.8 Å². The second kappa shape index (κ2) is 4.78. The Morgan fingerprint density at radius 1 is 1.58 bits per heavy atom. The summed E-state index contributed by atoms with van der Waals surface area (Å²) in [5.74, 6) is -0.872. The Kier molecular flexibility index (Phi) is 4.73. The second-order valence-electron chi connectivity index (χ2n) is 2.34. The molecule has 1 amide bonds. The van der Waals surface area contributed by atoms with Gasteiger partial charge in [-0.2, -0.15) is 8.42 Å². The van der Waals surface area contributed by atoms with Crippen molar-refractivity contribution in [1.82, 2.24) is 0 Å². The maximum Gasteiger partial charge on any atom is 0.264 e. The summed E-state index contributed by atoms with van der Waals surface area (Å²) in [6.07, 6.45) is 0.233. The van der Waals surface area contributed by atoms with E-state index in [-0.39, 0.29) is 23.4 Å². The Morgan fingerprint density at radius 2 is 2.08 bits per heavy atom. The van der Waals surface area contributed by atoms with Crippen LogP contribution in [0.15, 0.2) is 0 Å². The Balaban J connectivity index is 3.72. The number of hydrogen-bond donors (Lipinski definition) is 2. The molecule has 0 aromatic heterocycles. The lowest BCUT2D eigenvalue weighted by atomic mass is 10.2. The van der Waals surface area contributed by atoms with Crippen molar-refractivity contribution in [2.24, 2.45) is 5.73 Å². The lowest BCUT2D eigenvalue weighted by molar-refractivity contribution is -0.117. The molecule has 12 heavy (non-hydrogen) atoms. The maximum absolute atomic E-state index is 10.3. The molecule has 0 fully saturated rings. The van der Waals surface area contributed by atoms with Crippen LogP contribution in [0.4, 0.5) is 0 Å². The number of nitrogens with two attached hydrogens (primary N) is 1. The van der Waals surface area contributed by atoms with Gasteiger partial charge in [0.1, 0.15) is 0 Å². The highest BCUT2D eigenvalue weighted by Crippen LogP contribution is 2.10. The van der Waals surface area contributed by atoms with Gasteiger partial charge in [-0.05, 0) is 6.42 Å². The summed E-state index contributed by atoms with van der Waals surface area (Å²) in [7, 11) is -3.94. The van der Waals surface area contributed by atoms with Gasteiger partial charge < -0.3 is 5.73 Å². The highest BCUT2D eigenvalue weighted by Gasteiger charge is 2.12. The van der Waals surface area contributed by atoms with Gasteiger partial charge in [0.25, 0.3) is 10.1 Å². The fraction of sp³-hybridized carbons (Fsp3) is 0.800. The van der Waals surface area contributed by atoms with Crippen molar-refractivity contribution in [1.29, 1.82) is 0 Å². The smallest absolute Gasteiger partial charge is 0.264 e. The third-order valence-corrected chi connectivity index (χ3v) is 2.64. The molecule has 0 aromatic carbocycles. The zero-order valence-electron chi connectivity index (χ0n) is 6.23. The van der Waals surface area contributed by atoms with Crippen LogP contribution in [0.2, 0.25) is 0 Å². The minimum absolute atomic E-state index is 0.0650. The standard InChI is InChI=1S/C5H10BrNO4S/c6-4(3-5(7)8)1-2-12(9,10)11/h4H,1-3H2,(H2,7,8)(H,9,10,11). The summed E-state index contributed by atoms with van der Waals surface area (Å²) in [5, 5.41) is 0. The maximum atomic E-state index is 10.3. The predicted octanol–water partition coefficient (Wildman–Crippen LogP) is -0.0968. The first kappa shape index (κ1) is 11.9. The second-order valence-corrected chi connectivity index (χ2v) is 5.21. The molecule has 0 aliphatic carbocycles. The SMILES string of the molecule is NC(=O)CC(Br)CCS(=O)(=O)O. The van der Waals surface area contributed by atoms with E-state index >= 15 is 0 Å². The first-order valence-electron chi connectivity index (χ1n) is 3.19. The van der Waals surface area contributed by atoms with E-state index in [9.17, 15) is 13.2 Å². The summed E-state index contributed by atoms with van der Waals surface area (Å²) >= 11 is 3.05. The van der Waals surface area contributed by atoms with Gasteiger partial charge in [-0.1, -0.05) is 15.9 Å². The quantitative estimate of drug-likeness (QED) is 0.533. The van der Waals surface area contributed by atoms with E-state index < -0.39 is 16.0 Å². The highest BCUT2D eigenvalue weighted by molar-refractivity contribution is 9.09. The van der Waals surface area contributed by atoms with Gasteiger partial charge in [-0.15, -0.1) is 0 Å². The van der Waals surface area contributed by atoms with Crippen molar-refractivity contribution >= 4 is 32.0 Å². The Hall–Kier alpha value is -0.140. The van der Waals surface area contributed by atoms with E-state index in [0.29, 0.717) is 0 Å². The Labute approximate surface area is 79.2 Å². The molecular formula is C5H10BrNO4S. The zero-order valence-corrected chi connectivity index (χ0v) is 8.64. The molecule has 0 heterocycles. The molecular weight excluding hydrogens is 250 g/mol. The number of alkyl halides is 1. The van der Waals surface area contributed by atoms with Crippen molar-refractivity contribution in [3.05, 3.63) is 0 Å². The molecule has 0 saturated heterocycles. The summed E-state index contributed by atoms with van der Waals surface area (Å²) in [6.45, 7) is 0. The summed E-state index contributed by atoms with van der Waals surface area (Å²) in [5.41, 5.74) is 4.85. The molecule has 0 aliphatic heterocycles. The van der Waals surface area contributed by atoms with E-state index in [4.69, 9.17) is 10.3 Å². The molecule has 7 heteroatoms. The van der Waals surface area contributed by atoms with Gasteiger partial charge >= 0.3 is 0 Å². The molecule has 0 bridgehead atoms. The molecule has 0 radical (unpaired) electrons.